The molecule has 0 bridgehead atoms. The average molecular weight is 1050 g/mol. The monoisotopic (exact) mass is 1040 g/mol. The van der Waals surface area contributed by atoms with E-state index in [0.29, 0.717) is 11.4 Å². The number of fused-ring (bicyclic) bond motifs is 1. The summed E-state index contributed by atoms with van der Waals surface area (Å²) < 4.78 is 10.8. The summed E-state index contributed by atoms with van der Waals surface area (Å²) in [5.74, 6) is 0.577. The van der Waals surface area contributed by atoms with Crippen LogP contribution >= 0.6 is 0 Å². The SMILES string of the molecule is [2H]C(C)(C)c1ccc(-c2ccnc(-c3[c-]c(-c4cccc5c4nc(-c4cc(C(C)C)cc(C(C)C)c4O)n5-c4ccc(C(C)(C)C)cc4-c4ccccc4)cc(-c4ccccc4)c3)c2)cc1.[Pt]. The molecule has 0 aliphatic heterocycles. The summed E-state index contributed by atoms with van der Waals surface area (Å²) >= 11 is 0. The van der Waals surface area contributed by atoms with Crippen molar-refractivity contribution in [3.05, 3.63) is 192 Å². The summed E-state index contributed by atoms with van der Waals surface area (Å²) in [7, 11) is 0. The van der Waals surface area contributed by atoms with E-state index in [4.69, 9.17) is 11.3 Å². The van der Waals surface area contributed by atoms with Crippen molar-refractivity contribution in [3.63, 3.8) is 0 Å². The molecule has 2 heterocycles. The van der Waals surface area contributed by atoms with Crippen LogP contribution < -0.4 is 0 Å². The van der Waals surface area contributed by atoms with Crippen LogP contribution in [0.25, 0.3) is 83.9 Å². The molecule has 0 spiro atoms. The van der Waals surface area contributed by atoms with Gasteiger partial charge in [0.25, 0.3) is 0 Å². The second-order valence-electron chi connectivity index (χ2n) is 19.2. The number of phenols is 1. The van der Waals surface area contributed by atoms with Crippen LogP contribution in [0, 0.1) is 6.07 Å². The number of phenolic OH excluding ortho intramolecular Hbond substituents is 1. The predicted molar refractivity (Wildman–Crippen MR) is 273 cm³/mol. The van der Waals surface area contributed by atoms with Gasteiger partial charge in [0.1, 0.15) is 11.6 Å². The number of aromatic hydroxyl groups is 1. The summed E-state index contributed by atoms with van der Waals surface area (Å²) in [5.41, 5.74) is 17.5. The fourth-order valence-corrected chi connectivity index (χ4v) is 8.82. The molecule has 1 N–H and O–H groups in total. The molecule has 0 radical (unpaired) electrons. The van der Waals surface area contributed by atoms with E-state index in [1.165, 1.54) is 5.56 Å². The number of hydrogen-bond acceptors (Lipinski definition) is 3. The number of pyridine rings is 1. The Hall–Kier alpha value is -6.35. The van der Waals surface area contributed by atoms with Crippen LogP contribution in [0.5, 0.6) is 5.75 Å². The molecule has 0 amide bonds. The van der Waals surface area contributed by atoms with Crippen molar-refractivity contribution in [2.24, 2.45) is 0 Å². The molecule has 2 aromatic heterocycles. The molecule has 9 rings (SSSR count). The molecule has 4 nitrogen and oxygen atoms in total. The minimum atomic E-state index is -0.679. The maximum atomic E-state index is 12.3. The fraction of sp³-hybridized carbons (Fsp3) is 0.213. The number of imidazole rings is 1. The van der Waals surface area contributed by atoms with Gasteiger partial charge in [0.2, 0.25) is 0 Å². The molecular weight excluding hydrogens is 986 g/mol. The number of hydrogen-bond donors (Lipinski definition) is 1. The van der Waals surface area contributed by atoms with Crippen LogP contribution in [0.4, 0.5) is 0 Å². The van der Waals surface area contributed by atoms with Gasteiger partial charge in [-0.25, -0.2) is 4.98 Å². The summed E-state index contributed by atoms with van der Waals surface area (Å²) in [5, 5.41) is 12.3. The standard InChI is InChI=1S/C61H58N3O.Pt/c1-38(2)41-23-25-43(26-24-41)45-29-30-62-55(36-45)49-32-47(42-17-12-10-13-18-42)31-48(33-49)51-21-16-22-57-58(51)63-60(54-35-46(39(3)4)34-52(40(5)6)59(54)65)64(57)56-28-27-50(61(7,8)9)37-53(56)44-19-14-11-15-20-44;/h10-32,34-40,65H,1-9H3;/q-1;/i38D;. The van der Waals surface area contributed by atoms with Gasteiger partial charge in [0, 0.05) is 39.9 Å². The first-order valence-electron chi connectivity index (χ1n) is 23.3. The predicted octanol–water partition coefficient (Wildman–Crippen LogP) is 16.6. The molecule has 0 unspecified atom stereocenters. The fourth-order valence-electron chi connectivity index (χ4n) is 8.82. The van der Waals surface area contributed by atoms with Crippen molar-refractivity contribution in [1.29, 1.82) is 0 Å². The van der Waals surface area contributed by atoms with E-state index in [9.17, 15) is 5.11 Å². The van der Waals surface area contributed by atoms with E-state index in [1.807, 2.05) is 44.3 Å². The summed E-state index contributed by atoms with van der Waals surface area (Å²) in [6.45, 7) is 19.3. The van der Waals surface area contributed by atoms with Crippen molar-refractivity contribution in [2.75, 3.05) is 0 Å². The first kappa shape index (κ1) is 44.8. The Bertz CT molecular complexity index is 3210. The molecule has 0 fully saturated rings. The van der Waals surface area contributed by atoms with Crippen molar-refractivity contribution in [2.45, 2.75) is 85.5 Å². The van der Waals surface area contributed by atoms with E-state index in [2.05, 4.69) is 193 Å². The molecule has 334 valence electrons. The normalized spacial score (nSPS) is 12.1. The second-order valence-corrected chi connectivity index (χ2v) is 19.2. The van der Waals surface area contributed by atoms with Gasteiger partial charge in [-0.15, -0.1) is 23.8 Å². The average Bonchev–Trinajstić information content (AvgIpc) is 3.70. The van der Waals surface area contributed by atoms with E-state index < -0.39 is 5.89 Å². The van der Waals surface area contributed by atoms with E-state index in [-0.39, 0.29) is 44.1 Å². The Kier molecular flexibility index (Phi) is 12.8. The number of para-hydroxylation sites is 1. The third-order valence-corrected chi connectivity index (χ3v) is 12.7. The summed E-state index contributed by atoms with van der Waals surface area (Å²) in [6, 6.07) is 59.1. The summed E-state index contributed by atoms with van der Waals surface area (Å²) in [4.78, 5) is 10.6. The van der Waals surface area contributed by atoms with Crippen molar-refractivity contribution >= 4 is 11.0 Å². The Balaban J connectivity index is 0.00000608. The first-order chi connectivity index (χ1) is 31.5. The molecular formula is C61H58N3OPt-. The molecule has 0 saturated carbocycles. The van der Waals surface area contributed by atoms with Crippen molar-refractivity contribution < 1.29 is 27.5 Å². The topological polar surface area (TPSA) is 50.9 Å². The van der Waals surface area contributed by atoms with Crippen LogP contribution in [0.15, 0.2) is 164 Å². The maximum Gasteiger partial charge on any atom is 0.148 e. The van der Waals surface area contributed by atoms with Gasteiger partial charge in [0.15, 0.2) is 0 Å². The third-order valence-electron chi connectivity index (χ3n) is 12.7. The zero-order valence-corrected chi connectivity index (χ0v) is 41.6. The van der Waals surface area contributed by atoms with Gasteiger partial charge >= 0.3 is 0 Å². The van der Waals surface area contributed by atoms with Crippen LogP contribution in [-0.2, 0) is 26.5 Å². The maximum absolute atomic E-state index is 12.3. The number of nitrogens with zero attached hydrogens (tertiary/aromatic N) is 3. The largest absolute Gasteiger partial charge is 0.507 e. The molecule has 0 atom stereocenters. The van der Waals surface area contributed by atoms with Gasteiger partial charge in [-0.3, -0.25) is 9.55 Å². The molecule has 9 aromatic rings. The smallest absolute Gasteiger partial charge is 0.148 e. The quantitative estimate of drug-likeness (QED) is 0.139. The number of benzene rings is 7. The zero-order valence-electron chi connectivity index (χ0n) is 40.3. The van der Waals surface area contributed by atoms with Gasteiger partial charge in [0.05, 0.1) is 22.3 Å². The van der Waals surface area contributed by atoms with Gasteiger partial charge in [-0.1, -0.05) is 194 Å². The van der Waals surface area contributed by atoms with Crippen molar-refractivity contribution in [3.8, 4) is 78.6 Å². The first-order valence-corrected chi connectivity index (χ1v) is 22.8. The van der Waals surface area contributed by atoms with Gasteiger partial charge in [-0.05, 0) is 98.0 Å². The molecule has 0 aliphatic rings. The van der Waals surface area contributed by atoms with Crippen LogP contribution in [0.1, 0.15) is 104 Å². The Morgan fingerprint density at radius 2 is 1.24 bits per heavy atom. The molecule has 0 aliphatic carbocycles. The minimum absolute atomic E-state index is 0. The molecule has 5 heteroatoms. The Morgan fingerprint density at radius 1 is 0.576 bits per heavy atom. The number of rotatable bonds is 10. The Labute approximate surface area is 407 Å². The van der Waals surface area contributed by atoms with Gasteiger partial charge in [-0.2, -0.15) is 0 Å². The second kappa shape index (κ2) is 18.9. The number of aromatic nitrogens is 3. The molecule has 7 aromatic carbocycles. The third kappa shape index (κ3) is 9.09. The van der Waals surface area contributed by atoms with E-state index in [1.54, 1.807) is 0 Å². The molecule has 0 saturated heterocycles. The Morgan fingerprint density at radius 3 is 1.89 bits per heavy atom. The van der Waals surface area contributed by atoms with Gasteiger partial charge < -0.3 is 5.11 Å². The van der Waals surface area contributed by atoms with Crippen molar-refractivity contribution in [1.82, 2.24) is 14.5 Å². The summed E-state index contributed by atoms with van der Waals surface area (Å²) in [6.07, 6.45) is 1.86. The van der Waals surface area contributed by atoms with E-state index >= 15 is 0 Å². The van der Waals surface area contributed by atoms with Crippen LogP contribution in [0.2, 0.25) is 0 Å². The van der Waals surface area contributed by atoms with E-state index in [0.717, 1.165) is 89.2 Å². The van der Waals surface area contributed by atoms with Crippen LogP contribution in [0.3, 0.4) is 0 Å². The minimum Gasteiger partial charge on any atom is -0.507 e. The zero-order chi connectivity index (χ0) is 46.5. The molecule has 66 heavy (non-hydrogen) atoms. The van der Waals surface area contributed by atoms with Crippen LogP contribution in [-0.4, -0.2) is 19.6 Å².